The first-order valence-corrected chi connectivity index (χ1v) is 8.30. The summed E-state index contributed by atoms with van der Waals surface area (Å²) in [6.45, 7) is 0. The average molecular weight is 381 g/mol. The Balaban J connectivity index is 1.60. The number of nitrogens with zero attached hydrogens (tertiary/aromatic N) is 4. The fraction of sp³-hybridized carbons (Fsp3) is 0. The highest BCUT2D eigenvalue weighted by molar-refractivity contribution is 6.30. The Morgan fingerprint density at radius 2 is 1.93 bits per heavy atom. The molecular formula is C18H13ClN6O2. The molecule has 0 aliphatic carbocycles. The SMILES string of the molecule is O=C(NNc1ncnc2c1cnn2-c1cccc(Cl)c1)c1ccc(O)cc1. The number of anilines is 1. The van der Waals surface area contributed by atoms with Crippen molar-refractivity contribution in [1.82, 2.24) is 25.2 Å². The fourth-order valence-electron chi connectivity index (χ4n) is 2.54. The van der Waals surface area contributed by atoms with Gasteiger partial charge in [0.1, 0.15) is 12.1 Å². The molecule has 0 saturated heterocycles. The van der Waals surface area contributed by atoms with Gasteiger partial charge in [-0.05, 0) is 42.5 Å². The number of rotatable bonds is 4. The van der Waals surface area contributed by atoms with Gasteiger partial charge in [-0.2, -0.15) is 5.10 Å². The molecule has 0 radical (unpaired) electrons. The molecule has 134 valence electrons. The van der Waals surface area contributed by atoms with E-state index in [-0.39, 0.29) is 11.7 Å². The number of aromatic nitrogens is 4. The Morgan fingerprint density at radius 1 is 1.11 bits per heavy atom. The third-order valence-electron chi connectivity index (χ3n) is 3.84. The molecular weight excluding hydrogens is 368 g/mol. The molecule has 3 N–H and O–H groups in total. The Kier molecular flexibility index (Phi) is 4.31. The molecule has 27 heavy (non-hydrogen) atoms. The van der Waals surface area contributed by atoms with Gasteiger partial charge in [-0.3, -0.25) is 15.6 Å². The number of fused-ring (bicyclic) bond motifs is 1. The van der Waals surface area contributed by atoms with Crippen LogP contribution in [0.4, 0.5) is 5.82 Å². The summed E-state index contributed by atoms with van der Waals surface area (Å²) in [6.07, 6.45) is 2.98. The van der Waals surface area contributed by atoms with Crippen molar-refractivity contribution in [2.45, 2.75) is 0 Å². The highest BCUT2D eigenvalue weighted by atomic mass is 35.5. The second-order valence-electron chi connectivity index (χ2n) is 5.62. The van der Waals surface area contributed by atoms with Gasteiger partial charge in [0.05, 0.1) is 17.3 Å². The van der Waals surface area contributed by atoms with E-state index in [1.165, 1.54) is 30.6 Å². The normalized spacial score (nSPS) is 10.7. The number of phenolic OH excluding ortho intramolecular Hbond substituents is 1. The highest BCUT2D eigenvalue weighted by Gasteiger charge is 2.12. The van der Waals surface area contributed by atoms with Crippen molar-refractivity contribution in [1.29, 1.82) is 0 Å². The van der Waals surface area contributed by atoms with E-state index in [2.05, 4.69) is 25.9 Å². The lowest BCUT2D eigenvalue weighted by Gasteiger charge is -2.09. The van der Waals surface area contributed by atoms with Crippen LogP contribution >= 0.6 is 11.6 Å². The van der Waals surface area contributed by atoms with Crippen molar-refractivity contribution < 1.29 is 9.90 Å². The van der Waals surface area contributed by atoms with Crippen molar-refractivity contribution in [2.75, 3.05) is 5.43 Å². The zero-order chi connectivity index (χ0) is 18.8. The van der Waals surface area contributed by atoms with Gasteiger partial charge in [0.15, 0.2) is 11.5 Å². The van der Waals surface area contributed by atoms with Gasteiger partial charge >= 0.3 is 0 Å². The minimum atomic E-state index is -0.371. The standard InChI is InChI=1S/C18H13ClN6O2/c19-12-2-1-3-13(8-12)25-17-15(9-22-25)16(20-10-21-17)23-24-18(27)11-4-6-14(26)7-5-11/h1-10,26H,(H,24,27)(H,20,21,23). The number of hydrazine groups is 1. The summed E-state index contributed by atoms with van der Waals surface area (Å²) in [4.78, 5) is 20.6. The van der Waals surface area contributed by atoms with Gasteiger partial charge in [-0.1, -0.05) is 17.7 Å². The van der Waals surface area contributed by atoms with Crippen LogP contribution in [0.1, 0.15) is 10.4 Å². The Labute approximate surface area is 158 Å². The molecule has 4 aromatic rings. The van der Waals surface area contributed by atoms with Crippen molar-refractivity contribution in [3.8, 4) is 11.4 Å². The predicted molar refractivity (Wildman–Crippen MR) is 101 cm³/mol. The van der Waals surface area contributed by atoms with Crippen LogP contribution in [0, 0.1) is 0 Å². The van der Waals surface area contributed by atoms with Gasteiger partial charge in [0.2, 0.25) is 0 Å². The number of carbonyl (C=O) groups excluding carboxylic acids is 1. The maximum Gasteiger partial charge on any atom is 0.269 e. The van der Waals surface area contributed by atoms with Crippen molar-refractivity contribution in [3.05, 3.63) is 71.6 Å². The molecule has 0 unspecified atom stereocenters. The van der Waals surface area contributed by atoms with Crippen molar-refractivity contribution >= 4 is 34.4 Å². The molecule has 0 fully saturated rings. The number of nitrogens with one attached hydrogen (secondary N) is 2. The maximum absolute atomic E-state index is 12.2. The molecule has 0 atom stereocenters. The summed E-state index contributed by atoms with van der Waals surface area (Å²) in [5.74, 6) is 0.120. The van der Waals surface area contributed by atoms with E-state index in [1.54, 1.807) is 23.0 Å². The largest absolute Gasteiger partial charge is 0.508 e. The number of phenols is 1. The third kappa shape index (κ3) is 3.38. The quantitative estimate of drug-likeness (QED) is 0.470. The molecule has 0 aliphatic rings. The molecule has 0 bridgehead atoms. The minimum absolute atomic E-state index is 0.0884. The monoisotopic (exact) mass is 380 g/mol. The van der Waals surface area contributed by atoms with Crippen LogP contribution in [0.5, 0.6) is 5.75 Å². The van der Waals surface area contributed by atoms with E-state index in [9.17, 15) is 9.90 Å². The van der Waals surface area contributed by atoms with Gasteiger partial charge in [0.25, 0.3) is 5.91 Å². The lowest BCUT2D eigenvalue weighted by molar-refractivity contribution is 0.0962. The molecule has 2 heterocycles. The van der Waals surface area contributed by atoms with E-state index in [4.69, 9.17) is 11.6 Å². The molecule has 0 spiro atoms. The number of amides is 1. The predicted octanol–water partition coefficient (Wildman–Crippen LogP) is 2.93. The zero-order valence-corrected chi connectivity index (χ0v) is 14.6. The summed E-state index contributed by atoms with van der Waals surface area (Å²) in [7, 11) is 0. The van der Waals surface area contributed by atoms with Crippen LogP contribution in [0.25, 0.3) is 16.7 Å². The molecule has 4 rings (SSSR count). The fourth-order valence-corrected chi connectivity index (χ4v) is 2.73. The number of hydrogen-bond donors (Lipinski definition) is 3. The minimum Gasteiger partial charge on any atom is -0.508 e. The van der Waals surface area contributed by atoms with E-state index >= 15 is 0 Å². The van der Waals surface area contributed by atoms with Gasteiger partial charge in [-0.15, -0.1) is 0 Å². The van der Waals surface area contributed by atoms with E-state index in [0.29, 0.717) is 27.4 Å². The topological polar surface area (TPSA) is 105 Å². The first-order chi connectivity index (χ1) is 13.1. The lowest BCUT2D eigenvalue weighted by Crippen LogP contribution is -2.29. The van der Waals surface area contributed by atoms with Gasteiger partial charge in [-0.25, -0.2) is 14.6 Å². The van der Waals surface area contributed by atoms with Crippen LogP contribution in [-0.2, 0) is 0 Å². The summed E-state index contributed by atoms with van der Waals surface area (Å²) >= 11 is 6.05. The molecule has 9 heteroatoms. The summed E-state index contributed by atoms with van der Waals surface area (Å²) < 4.78 is 1.63. The van der Waals surface area contributed by atoms with Crippen LogP contribution in [-0.4, -0.2) is 30.8 Å². The van der Waals surface area contributed by atoms with E-state index < -0.39 is 0 Å². The summed E-state index contributed by atoms with van der Waals surface area (Å²) in [6, 6.07) is 13.1. The number of benzene rings is 2. The lowest BCUT2D eigenvalue weighted by atomic mass is 10.2. The van der Waals surface area contributed by atoms with Crippen LogP contribution in [0.2, 0.25) is 5.02 Å². The second-order valence-corrected chi connectivity index (χ2v) is 6.06. The highest BCUT2D eigenvalue weighted by Crippen LogP contribution is 2.22. The molecule has 8 nitrogen and oxygen atoms in total. The van der Waals surface area contributed by atoms with Crippen molar-refractivity contribution in [3.63, 3.8) is 0 Å². The van der Waals surface area contributed by atoms with Crippen molar-refractivity contribution in [2.24, 2.45) is 0 Å². The average Bonchev–Trinajstić information content (AvgIpc) is 3.11. The Morgan fingerprint density at radius 3 is 2.70 bits per heavy atom. The summed E-state index contributed by atoms with van der Waals surface area (Å²) in [5, 5.41) is 14.8. The number of carbonyl (C=O) groups is 1. The van der Waals surface area contributed by atoms with E-state index in [1.807, 2.05) is 12.1 Å². The third-order valence-corrected chi connectivity index (χ3v) is 4.08. The first-order valence-electron chi connectivity index (χ1n) is 7.92. The molecule has 2 aromatic carbocycles. The number of hydrogen-bond acceptors (Lipinski definition) is 6. The van der Waals surface area contributed by atoms with Crippen LogP contribution in [0.3, 0.4) is 0 Å². The van der Waals surface area contributed by atoms with E-state index in [0.717, 1.165) is 5.69 Å². The second kappa shape index (κ2) is 6.93. The summed E-state index contributed by atoms with van der Waals surface area (Å²) in [5.41, 5.74) is 7.06. The van der Waals surface area contributed by atoms with Crippen LogP contribution in [0.15, 0.2) is 61.1 Å². The molecule has 0 aliphatic heterocycles. The smallest absolute Gasteiger partial charge is 0.269 e. The Hall–Kier alpha value is -3.65. The van der Waals surface area contributed by atoms with Crippen LogP contribution < -0.4 is 10.9 Å². The molecule has 0 saturated carbocycles. The van der Waals surface area contributed by atoms with Gasteiger partial charge < -0.3 is 5.11 Å². The molecule has 2 aromatic heterocycles. The Bertz CT molecular complexity index is 1130. The number of aromatic hydroxyl groups is 1. The molecule has 1 amide bonds. The van der Waals surface area contributed by atoms with Gasteiger partial charge in [0, 0.05) is 10.6 Å². The number of halogens is 1. The zero-order valence-electron chi connectivity index (χ0n) is 13.8. The maximum atomic E-state index is 12.2. The first kappa shape index (κ1) is 16.8.